The second-order valence-electron chi connectivity index (χ2n) is 3.33. The summed E-state index contributed by atoms with van der Waals surface area (Å²) >= 11 is 15.6. The molecule has 0 unspecified atom stereocenters. The molecule has 0 amide bonds. The molecule has 1 aromatic carbocycles. The fraction of sp³-hybridized carbons (Fsp3) is 0.182. The molecule has 2 rings (SSSR count). The maximum absolute atomic E-state index is 6.21. The number of aryl methyl sites for hydroxylation is 1. The third kappa shape index (κ3) is 1.88. The third-order valence-corrected chi connectivity index (χ3v) is 4.19. The molecule has 0 radical (unpaired) electrons. The van der Waals surface area contributed by atoms with Crippen molar-refractivity contribution in [2.24, 2.45) is 0 Å². The van der Waals surface area contributed by atoms with Gasteiger partial charge in [0.15, 0.2) is 0 Å². The molecule has 5 heteroatoms. The molecular weight excluding hydrogens is 313 g/mol. The third-order valence-electron chi connectivity index (χ3n) is 2.31. The largest absolute Gasteiger partial charge is 0.495 e. The van der Waals surface area contributed by atoms with E-state index >= 15 is 0 Å². The fourth-order valence-corrected chi connectivity index (χ4v) is 2.31. The number of hydrogen-bond donors (Lipinski definition) is 0. The van der Waals surface area contributed by atoms with Gasteiger partial charge in [-0.1, -0.05) is 23.2 Å². The summed E-state index contributed by atoms with van der Waals surface area (Å²) in [5, 5.41) is 1.95. The van der Waals surface area contributed by atoms with Crippen molar-refractivity contribution in [3.8, 4) is 5.75 Å². The van der Waals surface area contributed by atoms with Gasteiger partial charge in [-0.2, -0.15) is 0 Å². The van der Waals surface area contributed by atoms with Gasteiger partial charge in [-0.15, -0.1) is 0 Å². The first-order valence-electron chi connectivity index (χ1n) is 4.53. The summed E-state index contributed by atoms with van der Waals surface area (Å²) in [5.74, 6) is 0.597. The summed E-state index contributed by atoms with van der Waals surface area (Å²) in [5.41, 5.74) is 1.61. The Morgan fingerprint density at radius 2 is 2.00 bits per heavy atom. The zero-order valence-corrected chi connectivity index (χ0v) is 11.7. The number of methoxy groups -OCH3 is 1. The molecular formula is C11H8BrCl2NO. The van der Waals surface area contributed by atoms with Crippen molar-refractivity contribution in [2.75, 3.05) is 7.11 Å². The van der Waals surface area contributed by atoms with Crippen LogP contribution in [-0.4, -0.2) is 12.1 Å². The number of benzene rings is 1. The Kier molecular flexibility index (Phi) is 3.29. The van der Waals surface area contributed by atoms with Crippen LogP contribution in [0.15, 0.2) is 16.6 Å². The number of halogens is 3. The van der Waals surface area contributed by atoms with Crippen molar-refractivity contribution in [2.45, 2.75) is 6.92 Å². The monoisotopic (exact) mass is 319 g/mol. The van der Waals surface area contributed by atoms with Gasteiger partial charge >= 0.3 is 0 Å². The maximum Gasteiger partial charge on any atom is 0.139 e. The predicted octanol–water partition coefficient (Wildman–Crippen LogP) is 4.62. The van der Waals surface area contributed by atoms with Gasteiger partial charge in [0.2, 0.25) is 0 Å². The van der Waals surface area contributed by atoms with E-state index in [2.05, 4.69) is 20.9 Å². The molecule has 2 nitrogen and oxygen atoms in total. The Labute approximate surface area is 112 Å². The van der Waals surface area contributed by atoms with E-state index < -0.39 is 0 Å². The molecule has 0 atom stereocenters. The fourth-order valence-electron chi connectivity index (χ4n) is 1.47. The topological polar surface area (TPSA) is 22.1 Å². The van der Waals surface area contributed by atoms with Gasteiger partial charge in [-0.3, -0.25) is 4.98 Å². The molecule has 16 heavy (non-hydrogen) atoms. The van der Waals surface area contributed by atoms with Crippen molar-refractivity contribution < 1.29 is 4.74 Å². The summed E-state index contributed by atoms with van der Waals surface area (Å²) < 4.78 is 5.93. The molecule has 0 saturated carbocycles. The van der Waals surface area contributed by atoms with Crippen LogP contribution in [0.25, 0.3) is 10.9 Å². The molecule has 0 aliphatic rings. The van der Waals surface area contributed by atoms with E-state index in [0.29, 0.717) is 15.8 Å². The van der Waals surface area contributed by atoms with Gasteiger partial charge in [-0.05, 0) is 28.9 Å². The summed E-state index contributed by atoms with van der Waals surface area (Å²) in [7, 11) is 1.57. The highest BCUT2D eigenvalue weighted by atomic mass is 79.9. The Hall–Kier alpha value is -0.510. The minimum absolute atomic E-state index is 0.523. The van der Waals surface area contributed by atoms with Crippen molar-refractivity contribution in [3.63, 3.8) is 0 Å². The van der Waals surface area contributed by atoms with Gasteiger partial charge in [0, 0.05) is 11.5 Å². The summed E-state index contributed by atoms with van der Waals surface area (Å²) in [6.07, 6.45) is 0. The predicted molar refractivity (Wildman–Crippen MR) is 70.8 cm³/mol. The van der Waals surface area contributed by atoms with Crippen LogP contribution in [0.1, 0.15) is 5.69 Å². The lowest BCUT2D eigenvalue weighted by Gasteiger charge is -2.09. The van der Waals surface area contributed by atoms with Gasteiger partial charge in [-0.25, -0.2) is 0 Å². The van der Waals surface area contributed by atoms with Crippen LogP contribution < -0.4 is 4.74 Å². The Bertz CT molecular complexity index is 572. The lowest BCUT2D eigenvalue weighted by molar-refractivity contribution is 0.415. The van der Waals surface area contributed by atoms with E-state index in [-0.39, 0.29) is 0 Å². The van der Waals surface area contributed by atoms with Crippen molar-refractivity contribution in [3.05, 3.63) is 32.3 Å². The highest BCUT2D eigenvalue weighted by Crippen LogP contribution is 2.36. The standard InChI is InChI=1S/C11H8BrCl2NO/c1-5-10(12)11(14)6-3-7(13)9(16-2)4-8(6)15-5/h3-4H,1-2H3. The minimum atomic E-state index is 0.523. The van der Waals surface area contributed by atoms with Crippen LogP contribution in [0.4, 0.5) is 0 Å². The van der Waals surface area contributed by atoms with Crippen LogP contribution in [0, 0.1) is 6.92 Å². The number of rotatable bonds is 1. The molecule has 1 aromatic heterocycles. The van der Waals surface area contributed by atoms with Crippen LogP contribution in [0.2, 0.25) is 10.0 Å². The van der Waals surface area contributed by atoms with Crippen LogP contribution in [0.5, 0.6) is 5.75 Å². The van der Waals surface area contributed by atoms with Crippen LogP contribution >= 0.6 is 39.1 Å². The smallest absolute Gasteiger partial charge is 0.139 e. The normalized spacial score (nSPS) is 10.8. The number of ether oxygens (including phenoxy) is 1. The Balaban J connectivity index is 2.86. The molecule has 2 aromatic rings. The van der Waals surface area contributed by atoms with Crippen molar-refractivity contribution >= 4 is 50.0 Å². The van der Waals surface area contributed by atoms with Crippen LogP contribution in [0.3, 0.4) is 0 Å². The van der Waals surface area contributed by atoms with Crippen molar-refractivity contribution in [1.82, 2.24) is 4.98 Å². The Morgan fingerprint density at radius 1 is 1.31 bits per heavy atom. The molecule has 0 spiro atoms. The number of aromatic nitrogens is 1. The SMILES string of the molecule is COc1cc2nc(C)c(Br)c(Cl)c2cc1Cl. The molecule has 0 fully saturated rings. The van der Waals surface area contributed by atoms with E-state index in [1.807, 2.05) is 6.92 Å². The zero-order valence-electron chi connectivity index (χ0n) is 8.64. The minimum Gasteiger partial charge on any atom is -0.495 e. The van der Waals surface area contributed by atoms with Crippen LogP contribution in [-0.2, 0) is 0 Å². The average molecular weight is 321 g/mol. The molecule has 1 heterocycles. The summed E-state index contributed by atoms with van der Waals surface area (Å²) in [6.45, 7) is 1.89. The van der Waals surface area contributed by atoms with Gasteiger partial charge < -0.3 is 4.74 Å². The first-order chi connectivity index (χ1) is 7.54. The van der Waals surface area contributed by atoms with E-state index in [1.54, 1.807) is 19.2 Å². The molecule has 0 aliphatic carbocycles. The maximum atomic E-state index is 6.21. The number of nitrogens with zero attached hydrogens (tertiary/aromatic N) is 1. The second kappa shape index (κ2) is 4.40. The summed E-state index contributed by atoms with van der Waals surface area (Å²) in [6, 6.07) is 3.54. The summed E-state index contributed by atoms with van der Waals surface area (Å²) in [4.78, 5) is 4.42. The highest BCUT2D eigenvalue weighted by molar-refractivity contribution is 9.10. The molecule has 0 aliphatic heterocycles. The number of hydrogen-bond acceptors (Lipinski definition) is 2. The average Bonchev–Trinajstić information content (AvgIpc) is 2.27. The molecule has 0 bridgehead atoms. The van der Waals surface area contributed by atoms with Gasteiger partial charge in [0.25, 0.3) is 0 Å². The van der Waals surface area contributed by atoms with Gasteiger partial charge in [0.05, 0.1) is 32.8 Å². The zero-order chi connectivity index (χ0) is 11.9. The Morgan fingerprint density at radius 3 is 2.62 bits per heavy atom. The highest BCUT2D eigenvalue weighted by Gasteiger charge is 2.11. The molecule has 0 saturated heterocycles. The number of pyridine rings is 1. The molecule has 0 N–H and O–H groups in total. The first kappa shape index (κ1) is 12.0. The number of fused-ring (bicyclic) bond motifs is 1. The second-order valence-corrected chi connectivity index (χ2v) is 4.91. The van der Waals surface area contributed by atoms with E-state index in [1.165, 1.54) is 0 Å². The lowest BCUT2D eigenvalue weighted by Crippen LogP contribution is -1.90. The van der Waals surface area contributed by atoms with E-state index in [4.69, 9.17) is 27.9 Å². The lowest BCUT2D eigenvalue weighted by atomic mass is 10.2. The molecule has 84 valence electrons. The quantitative estimate of drug-likeness (QED) is 0.764. The van der Waals surface area contributed by atoms with Crippen molar-refractivity contribution in [1.29, 1.82) is 0 Å². The first-order valence-corrected chi connectivity index (χ1v) is 6.08. The van der Waals surface area contributed by atoms with E-state index in [9.17, 15) is 0 Å². The van der Waals surface area contributed by atoms with Gasteiger partial charge in [0.1, 0.15) is 5.75 Å². The van der Waals surface area contributed by atoms with E-state index in [0.717, 1.165) is 21.1 Å².